The maximum absolute atomic E-state index is 12.5. The van der Waals surface area contributed by atoms with Crippen molar-refractivity contribution in [3.05, 3.63) is 64.8 Å². The Morgan fingerprint density at radius 2 is 1.82 bits per heavy atom. The van der Waals surface area contributed by atoms with E-state index in [2.05, 4.69) is 20.2 Å². The molecule has 0 atom stereocenters. The molecule has 0 unspecified atom stereocenters. The van der Waals surface area contributed by atoms with Crippen molar-refractivity contribution in [2.75, 3.05) is 28.0 Å². The standard InChI is InChI=1S/C20H15Cl2N5O5S/c21-12-1-6-16-15(9-12)27(11-20(29)32-16)10-19(28)23-13-2-4-14(5-3-13)33(30,31)26-18-8-7-17(22)24-25-18/h1-9H,10-11H2,(H,23,28)(H,25,26). The number of nitrogens with one attached hydrogen (secondary N) is 2. The van der Waals surface area contributed by atoms with Crippen LogP contribution >= 0.6 is 23.2 Å². The molecule has 0 aliphatic carbocycles. The maximum atomic E-state index is 12.5. The van der Waals surface area contributed by atoms with Gasteiger partial charge in [-0.05, 0) is 54.6 Å². The topological polar surface area (TPSA) is 131 Å². The Morgan fingerprint density at radius 1 is 1.06 bits per heavy atom. The minimum Gasteiger partial charge on any atom is -0.423 e. The van der Waals surface area contributed by atoms with Crippen LogP contribution in [-0.4, -0.2) is 43.6 Å². The monoisotopic (exact) mass is 507 g/mol. The Kier molecular flexibility index (Phi) is 6.36. The van der Waals surface area contributed by atoms with E-state index in [1.54, 1.807) is 18.2 Å². The Balaban J connectivity index is 1.42. The molecule has 0 saturated heterocycles. The summed E-state index contributed by atoms with van der Waals surface area (Å²) in [5, 5.41) is 10.5. The molecule has 0 radical (unpaired) electrons. The third-order valence-electron chi connectivity index (χ3n) is 4.46. The third kappa shape index (κ3) is 5.51. The van der Waals surface area contributed by atoms with E-state index >= 15 is 0 Å². The van der Waals surface area contributed by atoms with Gasteiger partial charge in [0.1, 0.15) is 6.54 Å². The molecule has 10 nitrogen and oxygen atoms in total. The molecule has 2 aromatic carbocycles. The third-order valence-corrected chi connectivity index (χ3v) is 6.27. The molecular formula is C20H15Cl2N5O5S. The van der Waals surface area contributed by atoms with Gasteiger partial charge in [-0.2, -0.15) is 0 Å². The fourth-order valence-corrected chi connectivity index (χ4v) is 4.28. The van der Waals surface area contributed by atoms with Gasteiger partial charge in [-0.25, -0.2) is 13.2 Å². The van der Waals surface area contributed by atoms with E-state index in [9.17, 15) is 18.0 Å². The molecule has 13 heteroatoms. The number of hydrogen-bond acceptors (Lipinski definition) is 8. The van der Waals surface area contributed by atoms with E-state index in [0.29, 0.717) is 22.1 Å². The molecule has 2 N–H and O–H groups in total. The van der Waals surface area contributed by atoms with Gasteiger partial charge in [-0.15, -0.1) is 10.2 Å². The number of rotatable bonds is 6. The quantitative estimate of drug-likeness (QED) is 0.384. The van der Waals surface area contributed by atoms with Crippen molar-refractivity contribution in [2.45, 2.75) is 4.90 Å². The minimum absolute atomic E-state index is 0.0113. The molecule has 0 fully saturated rings. The lowest BCUT2D eigenvalue weighted by molar-refractivity contribution is -0.133. The summed E-state index contributed by atoms with van der Waals surface area (Å²) in [5.74, 6) is -0.584. The molecule has 0 bridgehead atoms. The average Bonchev–Trinajstić information content (AvgIpc) is 2.76. The van der Waals surface area contributed by atoms with E-state index < -0.39 is 21.9 Å². The largest absolute Gasteiger partial charge is 0.423 e. The highest BCUT2D eigenvalue weighted by Crippen LogP contribution is 2.34. The van der Waals surface area contributed by atoms with Gasteiger partial charge in [0.2, 0.25) is 5.91 Å². The summed E-state index contributed by atoms with van der Waals surface area (Å²) in [5.41, 5.74) is 0.895. The maximum Gasteiger partial charge on any atom is 0.331 e. The summed E-state index contributed by atoms with van der Waals surface area (Å²) < 4.78 is 32.4. The minimum atomic E-state index is -3.92. The van der Waals surface area contributed by atoms with Crippen LogP contribution in [-0.2, 0) is 19.6 Å². The van der Waals surface area contributed by atoms with Crippen molar-refractivity contribution >= 4 is 62.3 Å². The smallest absolute Gasteiger partial charge is 0.331 e. The van der Waals surface area contributed by atoms with Gasteiger partial charge in [-0.1, -0.05) is 23.2 Å². The van der Waals surface area contributed by atoms with E-state index in [0.717, 1.165) is 0 Å². The summed E-state index contributed by atoms with van der Waals surface area (Å²) >= 11 is 11.7. The van der Waals surface area contributed by atoms with E-state index in [4.69, 9.17) is 27.9 Å². The molecule has 0 saturated carbocycles. The van der Waals surface area contributed by atoms with Crippen molar-refractivity contribution in [2.24, 2.45) is 0 Å². The number of hydrogen-bond donors (Lipinski definition) is 2. The first kappa shape index (κ1) is 22.8. The van der Waals surface area contributed by atoms with Crippen molar-refractivity contribution in [1.29, 1.82) is 0 Å². The van der Waals surface area contributed by atoms with Gasteiger partial charge in [0.25, 0.3) is 10.0 Å². The van der Waals surface area contributed by atoms with Crippen LogP contribution in [0.25, 0.3) is 0 Å². The number of amides is 1. The molecule has 1 amide bonds. The normalized spacial score (nSPS) is 13.2. The van der Waals surface area contributed by atoms with Crippen LogP contribution in [0.1, 0.15) is 0 Å². The van der Waals surface area contributed by atoms with Gasteiger partial charge < -0.3 is 15.0 Å². The zero-order valence-corrected chi connectivity index (χ0v) is 19.0. The second-order valence-electron chi connectivity index (χ2n) is 6.86. The number of halogens is 2. The van der Waals surface area contributed by atoms with Crippen molar-refractivity contribution < 1.29 is 22.7 Å². The lowest BCUT2D eigenvalue weighted by Crippen LogP contribution is -2.41. The number of benzene rings is 2. The zero-order valence-electron chi connectivity index (χ0n) is 16.7. The predicted molar refractivity (Wildman–Crippen MR) is 122 cm³/mol. The highest BCUT2D eigenvalue weighted by molar-refractivity contribution is 7.92. The number of anilines is 3. The average molecular weight is 508 g/mol. The van der Waals surface area contributed by atoms with E-state index in [1.165, 1.54) is 41.3 Å². The number of aromatic nitrogens is 2. The lowest BCUT2D eigenvalue weighted by atomic mass is 10.2. The van der Waals surface area contributed by atoms with E-state index in [1.807, 2.05) is 0 Å². The van der Waals surface area contributed by atoms with Gasteiger partial charge in [0.15, 0.2) is 16.7 Å². The molecule has 170 valence electrons. The summed E-state index contributed by atoms with van der Waals surface area (Å²) in [6, 6.07) is 13.1. The van der Waals surface area contributed by atoms with Crippen molar-refractivity contribution in [3.8, 4) is 5.75 Å². The highest BCUT2D eigenvalue weighted by Gasteiger charge is 2.26. The Bertz CT molecular complexity index is 1320. The number of ether oxygens (including phenoxy) is 1. The molecule has 2 heterocycles. The predicted octanol–water partition coefficient (Wildman–Crippen LogP) is 2.95. The lowest BCUT2D eigenvalue weighted by Gasteiger charge is -2.29. The summed E-state index contributed by atoms with van der Waals surface area (Å²) in [4.78, 5) is 25.9. The molecule has 1 aliphatic rings. The SMILES string of the molecule is O=C(CN1CC(=O)Oc2ccc(Cl)cc21)Nc1ccc(S(=O)(=O)Nc2ccc(Cl)nn2)cc1. The first-order chi connectivity index (χ1) is 15.7. The number of fused-ring (bicyclic) bond motifs is 1. The molecule has 4 rings (SSSR count). The fourth-order valence-electron chi connectivity index (χ4n) is 3.02. The van der Waals surface area contributed by atoms with Gasteiger partial charge in [-0.3, -0.25) is 9.52 Å². The number of sulfonamides is 1. The Hall–Kier alpha value is -3.41. The molecule has 33 heavy (non-hydrogen) atoms. The summed E-state index contributed by atoms with van der Waals surface area (Å²) in [6.07, 6.45) is 0. The van der Waals surface area contributed by atoms with Crippen LogP contribution in [0.5, 0.6) is 5.75 Å². The number of carbonyl (C=O) groups excluding carboxylic acids is 2. The Morgan fingerprint density at radius 3 is 2.52 bits per heavy atom. The molecular weight excluding hydrogens is 493 g/mol. The number of esters is 1. The molecule has 1 aromatic heterocycles. The van der Waals surface area contributed by atoms with Gasteiger partial charge in [0.05, 0.1) is 17.1 Å². The zero-order chi connectivity index (χ0) is 23.6. The van der Waals surface area contributed by atoms with Crippen LogP contribution in [0, 0.1) is 0 Å². The highest BCUT2D eigenvalue weighted by atomic mass is 35.5. The van der Waals surface area contributed by atoms with Crippen molar-refractivity contribution in [3.63, 3.8) is 0 Å². The molecule has 0 spiro atoms. The molecule has 1 aliphatic heterocycles. The van der Waals surface area contributed by atoms with E-state index in [-0.39, 0.29) is 29.0 Å². The van der Waals surface area contributed by atoms with Crippen LogP contribution in [0.4, 0.5) is 17.2 Å². The van der Waals surface area contributed by atoms with Crippen molar-refractivity contribution in [1.82, 2.24) is 10.2 Å². The molecule has 3 aromatic rings. The number of nitrogens with zero attached hydrogens (tertiary/aromatic N) is 3. The van der Waals surface area contributed by atoms with Crippen LogP contribution in [0.3, 0.4) is 0 Å². The van der Waals surface area contributed by atoms with Gasteiger partial charge in [0, 0.05) is 10.7 Å². The van der Waals surface area contributed by atoms with Crippen LogP contribution < -0.4 is 19.7 Å². The summed E-state index contributed by atoms with van der Waals surface area (Å²) in [6.45, 7) is -0.253. The number of carbonyl (C=O) groups is 2. The Labute approximate surface area is 198 Å². The van der Waals surface area contributed by atoms with Crippen LogP contribution in [0.2, 0.25) is 10.2 Å². The first-order valence-corrected chi connectivity index (χ1v) is 11.6. The summed E-state index contributed by atoms with van der Waals surface area (Å²) in [7, 11) is -3.92. The first-order valence-electron chi connectivity index (χ1n) is 9.37. The van der Waals surface area contributed by atoms with Gasteiger partial charge >= 0.3 is 5.97 Å². The van der Waals surface area contributed by atoms with Crippen LogP contribution in [0.15, 0.2) is 59.5 Å². The fraction of sp³-hybridized carbons (Fsp3) is 0.100. The second-order valence-corrected chi connectivity index (χ2v) is 9.37. The second kappa shape index (κ2) is 9.22.